The summed E-state index contributed by atoms with van der Waals surface area (Å²) >= 11 is 0. The number of rotatable bonds is 4. The van der Waals surface area contributed by atoms with E-state index in [1.807, 2.05) is 0 Å². The van der Waals surface area contributed by atoms with Crippen molar-refractivity contribution < 1.29 is 13.2 Å². The summed E-state index contributed by atoms with van der Waals surface area (Å²) in [4.78, 5) is 14.3. The molecule has 132 valence electrons. The first-order chi connectivity index (χ1) is 11.4. The highest BCUT2D eigenvalue weighted by Crippen LogP contribution is 2.23. The van der Waals surface area contributed by atoms with Gasteiger partial charge < -0.3 is 4.90 Å². The minimum absolute atomic E-state index is 0.0786. The van der Waals surface area contributed by atoms with Crippen LogP contribution in [-0.2, 0) is 34.3 Å². The molecule has 6 nitrogen and oxygen atoms in total. The topological polar surface area (TPSA) is 60.9 Å². The first-order valence-electron chi connectivity index (χ1n) is 8.44. The zero-order valence-electron chi connectivity index (χ0n) is 14.4. The van der Waals surface area contributed by atoms with E-state index in [0.29, 0.717) is 32.6 Å². The van der Waals surface area contributed by atoms with Crippen molar-refractivity contribution in [3.63, 3.8) is 0 Å². The number of carbonyl (C=O) groups is 1. The number of piperazine rings is 1. The third kappa shape index (κ3) is 3.48. The van der Waals surface area contributed by atoms with Crippen LogP contribution in [0, 0.1) is 0 Å². The molecule has 1 aliphatic carbocycles. The molecule has 0 N–H and O–H groups in total. The van der Waals surface area contributed by atoms with E-state index in [4.69, 9.17) is 0 Å². The van der Waals surface area contributed by atoms with Crippen LogP contribution < -0.4 is 0 Å². The van der Waals surface area contributed by atoms with Crippen molar-refractivity contribution in [1.82, 2.24) is 13.5 Å². The summed E-state index contributed by atoms with van der Waals surface area (Å²) in [6.07, 6.45) is 3.85. The van der Waals surface area contributed by atoms with Crippen molar-refractivity contribution in [2.45, 2.75) is 25.7 Å². The van der Waals surface area contributed by atoms with E-state index in [0.717, 1.165) is 18.4 Å². The maximum absolute atomic E-state index is 12.5. The molecule has 0 bridgehead atoms. The van der Waals surface area contributed by atoms with Gasteiger partial charge in [0, 0.05) is 40.3 Å². The lowest BCUT2D eigenvalue weighted by Gasteiger charge is -2.35. The fourth-order valence-electron chi connectivity index (χ4n) is 3.42. The molecule has 2 aliphatic rings. The Hall–Kier alpha value is -1.44. The van der Waals surface area contributed by atoms with Gasteiger partial charge in [0.25, 0.3) is 10.2 Å². The Kier molecular flexibility index (Phi) is 4.94. The molecule has 24 heavy (non-hydrogen) atoms. The van der Waals surface area contributed by atoms with Crippen LogP contribution in [0.25, 0.3) is 0 Å². The largest absolute Gasteiger partial charge is 0.340 e. The first-order valence-corrected chi connectivity index (χ1v) is 9.83. The van der Waals surface area contributed by atoms with Gasteiger partial charge in [0.05, 0.1) is 6.42 Å². The Labute approximate surface area is 144 Å². The van der Waals surface area contributed by atoms with E-state index in [1.165, 1.54) is 40.3 Å². The molecule has 1 aliphatic heterocycles. The molecule has 3 rings (SSSR count). The minimum Gasteiger partial charge on any atom is -0.340 e. The Bertz CT molecular complexity index is 723. The van der Waals surface area contributed by atoms with Crippen molar-refractivity contribution in [2.24, 2.45) is 0 Å². The fraction of sp³-hybridized carbons (Fsp3) is 0.588. The minimum atomic E-state index is -3.39. The van der Waals surface area contributed by atoms with Gasteiger partial charge in [0.15, 0.2) is 0 Å². The van der Waals surface area contributed by atoms with Crippen LogP contribution in [0.2, 0.25) is 0 Å². The number of amides is 1. The number of aryl methyl sites for hydroxylation is 2. The molecule has 0 aromatic heterocycles. The van der Waals surface area contributed by atoms with Gasteiger partial charge in [-0.2, -0.15) is 17.0 Å². The Morgan fingerprint density at radius 3 is 2.42 bits per heavy atom. The smallest absolute Gasteiger partial charge is 0.281 e. The summed E-state index contributed by atoms with van der Waals surface area (Å²) in [7, 11) is -0.329. The third-order valence-corrected chi connectivity index (χ3v) is 6.84. The van der Waals surface area contributed by atoms with Gasteiger partial charge in [0.2, 0.25) is 5.91 Å². The molecule has 0 radical (unpaired) electrons. The van der Waals surface area contributed by atoms with Crippen molar-refractivity contribution in [2.75, 3.05) is 40.3 Å². The van der Waals surface area contributed by atoms with Crippen LogP contribution in [0.3, 0.4) is 0 Å². The quantitative estimate of drug-likeness (QED) is 0.801. The number of nitrogens with zero attached hydrogens (tertiary/aromatic N) is 3. The summed E-state index contributed by atoms with van der Waals surface area (Å²) < 4.78 is 26.9. The van der Waals surface area contributed by atoms with Crippen molar-refractivity contribution in [3.8, 4) is 0 Å². The molecule has 1 aromatic carbocycles. The number of hydrogen-bond donors (Lipinski definition) is 0. The number of carbonyl (C=O) groups excluding carboxylic acids is 1. The molecule has 1 amide bonds. The summed E-state index contributed by atoms with van der Waals surface area (Å²) in [6, 6.07) is 6.36. The maximum atomic E-state index is 12.5. The van der Waals surface area contributed by atoms with E-state index in [-0.39, 0.29) is 5.91 Å². The molecule has 0 unspecified atom stereocenters. The van der Waals surface area contributed by atoms with Crippen LogP contribution in [0.5, 0.6) is 0 Å². The van der Waals surface area contributed by atoms with E-state index in [2.05, 4.69) is 18.2 Å². The third-order valence-electron chi connectivity index (χ3n) is 4.90. The first kappa shape index (κ1) is 17.4. The highest BCUT2D eigenvalue weighted by Gasteiger charge is 2.30. The SMILES string of the molecule is CN(C)S(=O)(=O)N1CCN(C(=O)Cc2ccc3c(c2)CCC3)CC1. The molecule has 0 atom stereocenters. The number of benzene rings is 1. The molecule has 1 heterocycles. The van der Waals surface area contributed by atoms with Gasteiger partial charge in [-0.25, -0.2) is 0 Å². The van der Waals surface area contributed by atoms with Gasteiger partial charge in [0.1, 0.15) is 0 Å². The fourth-order valence-corrected chi connectivity index (χ4v) is 4.51. The van der Waals surface area contributed by atoms with E-state index in [1.54, 1.807) is 4.90 Å². The Morgan fingerprint density at radius 1 is 1.08 bits per heavy atom. The van der Waals surface area contributed by atoms with Crippen molar-refractivity contribution in [3.05, 3.63) is 34.9 Å². The molecular formula is C17H25N3O3S. The monoisotopic (exact) mass is 351 g/mol. The summed E-state index contributed by atoms with van der Waals surface area (Å²) in [5.41, 5.74) is 3.85. The summed E-state index contributed by atoms with van der Waals surface area (Å²) in [5.74, 6) is 0.0786. The van der Waals surface area contributed by atoms with E-state index < -0.39 is 10.2 Å². The normalized spacial score (nSPS) is 18.9. The maximum Gasteiger partial charge on any atom is 0.281 e. The summed E-state index contributed by atoms with van der Waals surface area (Å²) in [5, 5.41) is 0. The van der Waals surface area contributed by atoms with E-state index in [9.17, 15) is 13.2 Å². The van der Waals surface area contributed by atoms with Crippen LogP contribution in [0.4, 0.5) is 0 Å². The average molecular weight is 351 g/mol. The van der Waals surface area contributed by atoms with Crippen molar-refractivity contribution >= 4 is 16.1 Å². The lowest BCUT2D eigenvalue weighted by molar-refractivity contribution is -0.131. The van der Waals surface area contributed by atoms with Gasteiger partial charge in [-0.05, 0) is 36.0 Å². The number of fused-ring (bicyclic) bond motifs is 1. The molecule has 0 spiro atoms. The number of hydrogen-bond acceptors (Lipinski definition) is 3. The average Bonchev–Trinajstić information content (AvgIpc) is 3.02. The van der Waals surface area contributed by atoms with Crippen molar-refractivity contribution in [1.29, 1.82) is 0 Å². The lowest BCUT2D eigenvalue weighted by atomic mass is 10.0. The molecule has 1 saturated heterocycles. The molecule has 0 saturated carbocycles. The second kappa shape index (κ2) is 6.82. The molecule has 1 fully saturated rings. The molecule has 7 heteroatoms. The van der Waals surface area contributed by atoms with Crippen LogP contribution in [0.1, 0.15) is 23.1 Å². The van der Waals surface area contributed by atoms with Gasteiger partial charge in [-0.15, -0.1) is 0 Å². The van der Waals surface area contributed by atoms with Crippen LogP contribution in [0.15, 0.2) is 18.2 Å². The molecular weight excluding hydrogens is 326 g/mol. The van der Waals surface area contributed by atoms with E-state index >= 15 is 0 Å². The van der Waals surface area contributed by atoms with Gasteiger partial charge in [-0.3, -0.25) is 4.79 Å². The molecule has 1 aromatic rings. The van der Waals surface area contributed by atoms with Crippen LogP contribution >= 0.6 is 0 Å². The van der Waals surface area contributed by atoms with Gasteiger partial charge in [-0.1, -0.05) is 18.2 Å². The second-order valence-electron chi connectivity index (χ2n) is 6.70. The van der Waals surface area contributed by atoms with Gasteiger partial charge >= 0.3 is 0 Å². The Morgan fingerprint density at radius 2 is 1.75 bits per heavy atom. The predicted molar refractivity (Wildman–Crippen MR) is 92.9 cm³/mol. The van der Waals surface area contributed by atoms with Crippen LogP contribution in [-0.4, -0.2) is 68.1 Å². The Balaban J connectivity index is 1.58. The predicted octanol–water partition coefficient (Wildman–Crippen LogP) is 0.668. The standard InChI is InChI=1S/C17H25N3O3S/c1-18(2)24(22,23)20-10-8-19(9-11-20)17(21)13-14-6-7-15-4-3-5-16(15)12-14/h6-7,12H,3-5,8-11,13H2,1-2H3. The second-order valence-corrected chi connectivity index (χ2v) is 8.85. The lowest BCUT2D eigenvalue weighted by Crippen LogP contribution is -2.53. The highest BCUT2D eigenvalue weighted by atomic mass is 32.2. The summed E-state index contributed by atoms with van der Waals surface area (Å²) in [6.45, 7) is 1.63. The zero-order chi connectivity index (χ0) is 17.3. The zero-order valence-corrected chi connectivity index (χ0v) is 15.2. The highest BCUT2D eigenvalue weighted by molar-refractivity contribution is 7.86.